The van der Waals surface area contributed by atoms with Crippen LogP contribution >= 0.6 is 0 Å². The molecule has 2 rings (SSSR count). The first-order valence-corrected chi connectivity index (χ1v) is 4.88. The molecule has 1 fully saturated rings. The van der Waals surface area contributed by atoms with Crippen LogP contribution in [0.5, 0.6) is 0 Å². The minimum atomic E-state index is -2.64. The van der Waals surface area contributed by atoms with Gasteiger partial charge in [-0.15, -0.1) is 0 Å². The number of allylic oxidation sites excluding steroid dienone is 2. The normalized spacial score (nSPS) is 44.0. The SMILES string of the molecule is O=S1(=O)C[C@H]2C=C[C@@H]2C1. The minimum absolute atomic E-state index is 0.370. The highest BCUT2D eigenvalue weighted by molar-refractivity contribution is 7.91. The van der Waals surface area contributed by atoms with E-state index in [4.69, 9.17) is 0 Å². The van der Waals surface area contributed by atoms with Crippen LogP contribution in [-0.2, 0) is 9.84 Å². The molecule has 2 aliphatic rings. The average Bonchev–Trinajstić information content (AvgIpc) is 1.90. The first-order chi connectivity index (χ1) is 4.17. The zero-order chi connectivity index (χ0) is 6.48. The van der Waals surface area contributed by atoms with Crippen molar-refractivity contribution in [1.82, 2.24) is 0 Å². The van der Waals surface area contributed by atoms with Gasteiger partial charge in [0.05, 0.1) is 11.5 Å². The molecule has 1 saturated heterocycles. The van der Waals surface area contributed by atoms with Gasteiger partial charge in [0.1, 0.15) is 0 Å². The standard InChI is InChI=1S/C6H8O2S/c7-9(8)3-5-1-2-6(5)4-9/h1-2,5-6H,3-4H2/t5-,6-/m1/s1. The van der Waals surface area contributed by atoms with Crippen molar-refractivity contribution in [3.8, 4) is 0 Å². The molecule has 1 aliphatic heterocycles. The van der Waals surface area contributed by atoms with Gasteiger partial charge in [-0.1, -0.05) is 12.2 Å². The zero-order valence-electron chi connectivity index (χ0n) is 4.95. The van der Waals surface area contributed by atoms with E-state index in [1.165, 1.54) is 0 Å². The Morgan fingerprint density at radius 2 is 1.56 bits per heavy atom. The molecule has 0 aromatic carbocycles. The molecule has 0 radical (unpaired) electrons. The molecule has 2 nitrogen and oxygen atoms in total. The van der Waals surface area contributed by atoms with Crippen molar-refractivity contribution in [3.63, 3.8) is 0 Å². The highest BCUT2D eigenvalue weighted by atomic mass is 32.2. The molecule has 0 aromatic rings. The van der Waals surface area contributed by atoms with Gasteiger partial charge in [-0.25, -0.2) is 8.42 Å². The van der Waals surface area contributed by atoms with E-state index < -0.39 is 9.84 Å². The number of rotatable bonds is 0. The van der Waals surface area contributed by atoms with E-state index in [-0.39, 0.29) is 0 Å². The van der Waals surface area contributed by atoms with Crippen LogP contribution < -0.4 is 0 Å². The second-order valence-electron chi connectivity index (χ2n) is 2.79. The number of sulfone groups is 1. The van der Waals surface area contributed by atoms with Gasteiger partial charge in [-0.05, 0) is 11.8 Å². The summed E-state index contributed by atoms with van der Waals surface area (Å²) in [5.74, 6) is 1.53. The summed E-state index contributed by atoms with van der Waals surface area (Å²) in [7, 11) is -2.64. The van der Waals surface area contributed by atoms with Crippen molar-refractivity contribution in [1.29, 1.82) is 0 Å². The van der Waals surface area contributed by atoms with Crippen LogP contribution in [0, 0.1) is 11.8 Å². The van der Waals surface area contributed by atoms with Crippen LogP contribution in [0.25, 0.3) is 0 Å². The fraction of sp³-hybridized carbons (Fsp3) is 0.667. The van der Waals surface area contributed by atoms with Gasteiger partial charge in [0.25, 0.3) is 0 Å². The largest absolute Gasteiger partial charge is 0.229 e. The summed E-state index contributed by atoms with van der Waals surface area (Å²) in [4.78, 5) is 0. The van der Waals surface area contributed by atoms with Crippen LogP contribution in [0.15, 0.2) is 12.2 Å². The number of fused-ring (bicyclic) bond motifs is 1. The van der Waals surface area contributed by atoms with Crippen molar-refractivity contribution in [2.45, 2.75) is 0 Å². The highest BCUT2D eigenvalue weighted by Crippen LogP contribution is 2.34. The van der Waals surface area contributed by atoms with E-state index >= 15 is 0 Å². The monoisotopic (exact) mass is 144 g/mol. The Morgan fingerprint density at radius 1 is 1.11 bits per heavy atom. The topological polar surface area (TPSA) is 34.1 Å². The van der Waals surface area contributed by atoms with Gasteiger partial charge >= 0.3 is 0 Å². The fourth-order valence-corrected chi connectivity index (χ4v) is 3.46. The van der Waals surface area contributed by atoms with Crippen molar-refractivity contribution in [2.75, 3.05) is 11.5 Å². The molecular weight excluding hydrogens is 136 g/mol. The predicted molar refractivity (Wildman–Crippen MR) is 34.8 cm³/mol. The molecule has 0 N–H and O–H groups in total. The minimum Gasteiger partial charge on any atom is -0.229 e. The van der Waals surface area contributed by atoms with Crippen LogP contribution in [0.1, 0.15) is 0 Å². The van der Waals surface area contributed by atoms with E-state index in [2.05, 4.69) is 0 Å². The summed E-state index contributed by atoms with van der Waals surface area (Å²) >= 11 is 0. The van der Waals surface area contributed by atoms with Crippen LogP contribution in [0.2, 0.25) is 0 Å². The highest BCUT2D eigenvalue weighted by Gasteiger charge is 2.38. The van der Waals surface area contributed by atoms with Gasteiger partial charge in [0, 0.05) is 0 Å². The summed E-state index contributed by atoms with van der Waals surface area (Å²) in [6.45, 7) is 0. The Balaban J connectivity index is 2.32. The van der Waals surface area contributed by atoms with Gasteiger partial charge in [0.2, 0.25) is 0 Å². The molecule has 1 aliphatic carbocycles. The molecule has 0 amide bonds. The van der Waals surface area contributed by atoms with Crippen LogP contribution in [0.3, 0.4) is 0 Å². The number of hydrogen-bond acceptors (Lipinski definition) is 2. The van der Waals surface area contributed by atoms with Gasteiger partial charge in [-0.3, -0.25) is 0 Å². The molecule has 0 unspecified atom stereocenters. The van der Waals surface area contributed by atoms with Gasteiger partial charge in [0.15, 0.2) is 9.84 Å². The van der Waals surface area contributed by atoms with E-state index in [0.29, 0.717) is 23.3 Å². The maximum Gasteiger partial charge on any atom is 0.151 e. The molecule has 1 heterocycles. The average molecular weight is 144 g/mol. The molecule has 0 bridgehead atoms. The van der Waals surface area contributed by atoms with E-state index in [1.54, 1.807) is 0 Å². The molecule has 50 valence electrons. The smallest absolute Gasteiger partial charge is 0.151 e. The Bertz CT molecular complexity index is 230. The lowest BCUT2D eigenvalue weighted by atomic mass is 9.86. The molecule has 2 atom stereocenters. The van der Waals surface area contributed by atoms with Gasteiger partial charge < -0.3 is 0 Å². The van der Waals surface area contributed by atoms with Crippen molar-refractivity contribution in [2.24, 2.45) is 11.8 Å². The first-order valence-electron chi connectivity index (χ1n) is 3.06. The molecule has 9 heavy (non-hydrogen) atoms. The predicted octanol–water partition coefficient (Wildman–Crippen LogP) is 0.217. The van der Waals surface area contributed by atoms with Crippen molar-refractivity contribution >= 4 is 9.84 Å². The molecule has 0 spiro atoms. The maximum atomic E-state index is 10.9. The fourth-order valence-electron chi connectivity index (χ4n) is 1.44. The van der Waals surface area contributed by atoms with E-state index in [0.717, 1.165) is 0 Å². The first kappa shape index (κ1) is 5.47. The Kier molecular flexibility index (Phi) is 0.850. The lowest BCUT2D eigenvalue weighted by molar-refractivity contribution is 0.541. The van der Waals surface area contributed by atoms with Crippen LogP contribution in [-0.4, -0.2) is 19.9 Å². The summed E-state index contributed by atoms with van der Waals surface area (Å²) < 4.78 is 21.7. The van der Waals surface area contributed by atoms with Crippen molar-refractivity contribution in [3.05, 3.63) is 12.2 Å². The lowest BCUT2D eigenvalue weighted by Gasteiger charge is -2.17. The lowest BCUT2D eigenvalue weighted by Crippen LogP contribution is -2.14. The van der Waals surface area contributed by atoms with E-state index in [1.807, 2.05) is 12.2 Å². The Labute approximate surface area is 54.5 Å². The quantitative estimate of drug-likeness (QED) is 0.456. The summed E-state index contributed by atoms with van der Waals surface area (Å²) in [5.41, 5.74) is 0. The molecule has 0 aromatic heterocycles. The van der Waals surface area contributed by atoms with Gasteiger partial charge in [-0.2, -0.15) is 0 Å². The molecule has 3 heteroatoms. The van der Waals surface area contributed by atoms with Crippen molar-refractivity contribution < 1.29 is 8.42 Å². The third-order valence-corrected chi connectivity index (χ3v) is 3.83. The van der Waals surface area contributed by atoms with E-state index in [9.17, 15) is 8.42 Å². The maximum absolute atomic E-state index is 10.9. The zero-order valence-corrected chi connectivity index (χ0v) is 5.76. The Morgan fingerprint density at radius 3 is 1.78 bits per heavy atom. The Hall–Kier alpha value is -0.310. The summed E-state index contributed by atoms with van der Waals surface area (Å²) in [6, 6.07) is 0. The third-order valence-electron chi connectivity index (χ3n) is 2.05. The second kappa shape index (κ2) is 1.40. The molecular formula is C6H8O2S. The molecule has 0 saturated carbocycles. The second-order valence-corrected chi connectivity index (χ2v) is 4.94. The summed E-state index contributed by atoms with van der Waals surface area (Å²) in [6.07, 6.45) is 3.99. The van der Waals surface area contributed by atoms with Crippen LogP contribution in [0.4, 0.5) is 0 Å². The number of hydrogen-bond donors (Lipinski definition) is 0. The third kappa shape index (κ3) is 0.713. The summed E-state index contributed by atoms with van der Waals surface area (Å²) in [5, 5.41) is 0.